The third kappa shape index (κ3) is 4.20. The number of benzene rings is 2. The van der Waals surface area contributed by atoms with Crippen LogP contribution in [0.25, 0.3) is 11.5 Å². The van der Waals surface area contributed by atoms with Gasteiger partial charge in [-0.25, -0.2) is 8.42 Å². The third-order valence-electron chi connectivity index (χ3n) is 5.61. The highest BCUT2D eigenvalue weighted by Gasteiger charge is 2.34. The van der Waals surface area contributed by atoms with Gasteiger partial charge in [0, 0.05) is 24.6 Å². The molecule has 1 aromatic heterocycles. The van der Waals surface area contributed by atoms with Gasteiger partial charge in [0.15, 0.2) is 0 Å². The van der Waals surface area contributed by atoms with E-state index >= 15 is 0 Å². The number of nitrogens with zero attached hydrogens (tertiary/aromatic N) is 2. The number of hydrogen-bond donors (Lipinski definition) is 1. The zero-order valence-electron chi connectivity index (χ0n) is 17.5. The fraction of sp³-hybridized carbons (Fsp3) is 0.304. The summed E-state index contributed by atoms with van der Waals surface area (Å²) in [6.45, 7) is 4.78. The Morgan fingerprint density at radius 2 is 1.74 bits per heavy atom. The van der Waals surface area contributed by atoms with Gasteiger partial charge >= 0.3 is 0 Å². The van der Waals surface area contributed by atoms with Crippen molar-refractivity contribution in [3.05, 3.63) is 59.7 Å². The summed E-state index contributed by atoms with van der Waals surface area (Å²) in [5.41, 5.74) is 8.13. The predicted molar refractivity (Wildman–Crippen MR) is 117 cm³/mol. The molecule has 31 heavy (non-hydrogen) atoms. The zero-order valence-corrected chi connectivity index (χ0v) is 18.4. The maximum atomic E-state index is 13.5. The number of aromatic nitrogens is 1. The van der Waals surface area contributed by atoms with Gasteiger partial charge in [-0.05, 0) is 51.0 Å². The van der Waals surface area contributed by atoms with E-state index in [4.69, 9.17) is 10.2 Å². The van der Waals surface area contributed by atoms with E-state index < -0.39 is 9.84 Å². The minimum atomic E-state index is -3.90. The van der Waals surface area contributed by atoms with Crippen LogP contribution in [0.3, 0.4) is 0 Å². The molecule has 0 atom stereocenters. The summed E-state index contributed by atoms with van der Waals surface area (Å²) in [6.07, 6.45) is 1.08. The second kappa shape index (κ2) is 8.19. The first kappa shape index (κ1) is 21.1. The number of carbonyl (C=O) groups is 1. The molecule has 1 aliphatic rings. The molecule has 3 aromatic rings. The van der Waals surface area contributed by atoms with Gasteiger partial charge in [-0.2, -0.15) is 4.98 Å². The predicted octanol–water partition coefficient (Wildman–Crippen LogP) is 3.49. The van der Waals surface area contributed by atoms with Gasteiger partial charge in [0.05, 0.1) is 4.90 Å². The molecule has 2 aromatic carbocycles. The molecule has 4 rings (SSSR count). The quantitative estimate of drug-likeness (QED) is 0.652. The van der Waals surface area contributed by atoms with E-state index in [1.807, 2.05) is 43.0 Å². The third-order valence-corrected chi connectivity index (χ3v) is 7.28. The minimum absolute atomic E-state index is 0.106. The van der Waals surface area contributed by atoms with E-state index in [-0.39, 0.29) is 33.5 Å². The lowest BCUT2D eigenvalue weighted by Crippen LogP contribution is -2.38. The van der Waals surface area contributed by atoms with Crippen molar-refractivity contribution in [2.45, 2.75) is 36.6 Å². The normalized spacial score (nSPS) is 15.2. The first-order chi connectivity index (χ1) is 14.8. The van der Waals surface area contributed by atoms with Crippen molar-refractivity contribution >= 4 is 21.6 Å². The summed E-state index contributed by atoms with van der Waals surface area (Å²) >= 11 is 0. The van der Waals surface area contributed by atoms with E-state index in [1.165, 1.54) is 0 Å². The van der Waals surface area contributed by atoms with Crippen LogP contribution in [0, 0.1) is 19.8 Å². The first-order valence-electron chi connectivity index (χ1n) is 10.2. The van der Waals surface area contributed by atoms with Gasteiger partial charge in [0.1, 0.15) is 0 Å². The SMILES string of the molecule is Cc1ccc(S(=O)(=O)c2nc(-c3cccc(C)c3)oc2N2CCC(C(N)=O)CC2)cc1. The smallest absolute Gasteiger partial charge is 0.236 e. The summed E-state index contributed by atoms with van der Waals surface area (Å²) in [5.74, 6) is -0.0841. The van der Waals surface area contributed by atoms with Crippen LogP contribution in [-0.2, 0) is 14.6 Å². The maximum absolute atomic E-state index is 13.5. The molecule has 2 N–H and O–H groups in total. The maximum Gasteiger partial charge on any atom is 0.236 e. The number of nitrogens with two attached hydrogens (primary N) is 1. The van der Waals surface area contributed by atoms with Crippen LogP contribution >= 0.6 is 0 Å². The largest absolute Gasteiger partial charge is 0.419 e. The minimum Gasteiger partial charge on any atom is -0.419 e. The second-order valence-corrected chi connectivity index (χ2v) is 9.84. The fourth-order valence-corrected chi connectivity index (χ4v) is 5.09. The second-order valence-electron chi connectivity index (χ2n) is 7.98. The first-order valence-corrected chi connectivity index (χ1v) is 11.7. The number of sulfone groups is 1. The van der Waals surface area contributed by atoms with Gasteiger partial charge in [-0.3, -0.25) is 4.79 Å². The molecule has 2 heterocycles. The van der Waals surface area contributed by atoms with Gasteiger partial charge < -0.3 is 15.1 Å². The average Bonchev–Trinajstić information content (AvgIpc) is 3.21. The van der Waals surface area contributed by atoms with Gasteiger partial charge in [0.2, 0.25) is 32.5 Å². The van der Waals surface area contributed by atoms with Crippen LogP contribution in [-0.4, -0.2) is 32.4 Å². The van der Waals surface area contributed by atoms with Crippen molar-refractivity contribution in [1.29, 1.82) is 0 Å². The number of anilines is 1. The Labute approximate surface area is 181 Å². The lowest BCUT2D eigenvalue weighted by atomic mass is 9.96. The number of primary amides is 1. The Kier molecular flexibility index (Phi) is 5.58. The van der Waals surface area contributed by atoms with Crippen LogP contribution in [0.2, 0.25) is 0 Å². The highest BCUT2D eigenvalue weighted by atomic mass is 32.2. The molecule has 162 valence electrons. The number of amides is 1. The molecule has 1 aliphatic heterocycles. The highest BCUT2D eigenvalue weighted by molar-refractivity contribution is 7.91. The van der Waals surface area contributed by atoms with Gasteiger partial charge in [-0.15, -0.1) is 0 Å². The lowest BCUT2D eigenvalue weighted by molar-refractivity contribution is -0.122. The molecule has 8 heteroatoms. The van der Waals surface area contributed by atoms with Crippen molar-refractivity contribution in [2.75, 3.05) is 18.0 Å². The van der Waals surface area contributed by atoms with Crippen molar-refractivity contribution in [1.82, 2.24) is 4.98 Å². The molecule has 0 radical (unpaired) electrons. The summed E-state index contributed by atoms with van der Waals surface area (Å²) in [4.78, 5) is 18.0. The van der Waals surface area contributed by atoms with Crippen LogP contribution in [0.15, 0.2) is 62.9 Å². The van der Waals surface area contributed by atoms with E-state index in [9.17, 15) is 13.2 Å². The van der Waals surface area contributed by atoms with Crippen molar-refractivity contribution < 1.29 is 17.6 Å². The molecule has 0 bridgehead atoms. The summed E-state index contributed by atoms with van der Waals surface area (Å²) in [7, 11) is -3.90. The molecule has 1 fully saturated rings. The Bertz CT molecular complexity index is 1210. The molecule has 0 aliphatic carbocycles. The van der Waals surface area contributed by atoms with Gasteiger partial charge in [0.25, 0.3) is 0 Å². The monoisotopic (exact) mass is 439 g/mol. The number of oxazole rings is 1. The van der Waals surface area contributed by atoms with Gasteiger partial charge in [-0.1, -0.05) is 35.4 Å². The lowest BCUT2D eigenvalue weighted by Gasteiger charge is -2.30. The van der Waals surface area contributed by atoms with Crippen molar-refractivity contribution in [3.63, 3.8) is 0 Å². The average molecular weight is 440 g/mol. The number of carbonyl (C=O) groups excluding carboxylic acids is 1. The molecule has 0 spiro atoms. The van der Waals surface area contributed by atoms with Crippen molar-refractivity contribution in [2.24, 2.45) is 11.7 Å². The summed E-state index contributed by atoms with van der Waals surface area (Å²) in [6, 6.07) is 14.2. The van der Waals surface area contributed by atoms with Crippen LogP contribution in [0.5, 0.6) is 0 Å². The molecule has 1 amide bonds. The standard InChI is InChI=1S/C23H25N3O4S/c1-15-6-8-19(9-7-15)31(28,29)22-23(26-12-10-17(11-13-26)20(24)27)30-21(25-22)18-5-3-4-16(2)14-18/h3-9,14,17H,10-13H2,1-2H3,(H2,24,27). The number of aryl methyl sites for hydroxylation is 2. The van der Waals surface area contributed by atoms with Crippen molar-refractivity contribution in [3.8, 4) is 11.5 Å². The number of hydrogen-bond acceptors (Lipinski definition) is 6. The molecular formula is C23H25N3O4S. The highest BCUT2D eigenvalue weighted by Crippen LogP contribution is 2.36. The van der Waals surface area contributed by atoms with E-state index in [0.29, 0.717) is 31.5 Å². The number of rotatable bonds is 5. The van der Waals surface area contributed by atoms with E-state index in [2.05, 4.69) is 4.98 Å². The Morgan fingerprint density at radius 3 is 2.35 bits per heavy atom. The van der Waals surface area contributed by atoms with E-state index in [0.717, 1.165) is 11.1 Å². The fourth-order valence-electron chi connectivity index (χ4n) is 3.77. The number of piperidine rings is 1. The molecule has 7 nitrogen and oxygen atoms in total. The van der Waals surface area contributed by atoms with Crippen LogP contribution < -0.4 is 10.6 Å². The summed E-state index contributed by atoms with van der Waals surface area (Å²) < 4.78 is 33.0. The van der Waals surface area contributed by atoms with Crippen LogP contribution in [0.4, 0.5) is 5.88 Å². The molecule has 0 unspecified atom stereocenters. The topological polar surface area (TPSA) is 106 Å². The van der Waals surface area contributed by atoms with Crippen LogP contribution in [0.1, 0.15) is 24.0 Å². The molecular weight excluding hydrogens is 414 g/mol. The summed E-state index contributed by atoms with van der Waals surface area (Å²) in [5, 5.41) is -0.106. The Hall–Kier alpha value is -3.13. The molecule has 1 saturated heterocycles. The van der Waals surface area contributed by atoms with E-state index in [1.54, 1.807) is 24.3 Å². The zero-order chi connectivity index (χ0) is 22.2. The molecule has 0 saturated carbocycles. The Balaban J connectivity index is 1.79. The Morgan fingerprint density at radius 1 is 1.06 bits per heavy atom.